The van der Waals surface area contributed by atoms with E-state index >= 15 is 0 Å². The Bertz CT molecular complexity index is 447. The first-order valence-electron chi connectivity index (χ1n) is 7.30. The van der Waals surface area contributed by atoms with Crippen molar-refractivity contribution in [1.82, 2.24) is 5.32 Å². The zero-order valence-electron chi connectivity index (χ0n) is 11.2. The molecule has 1 fully saturated rings. The van der Waals surface area contributed by atoms with E-state index in [-0.39, 0.29) is 12.0 Å². The second-order valence-electron chi connectivity index (χ2n) is 5.81. The smallest absolute Gasteiger partial charge is 0.261 e. The third-order valence-electron chi connectivity index (χ3n) is 4.28. The molecule has 19 heavy (non-hydrogen) atoms. The van der Waals surface area contributed by atoms with Gasteiger partial charge in [0, 0.05) is 11.4 Å². The van der Waals surface area contributed by atoms with Gasteiger partial charge in [0.2, 0.25) is 0 Å². The third kappa shape index (κ3) is 3.00. The molecule has 3 rings (SSSR count). The van der Waals surface area contributed by atoms with E-state index in [0.29, 0.717) is 12.5 Å². The Kier molecular flexibility index (Phi) is 3.89. The molecule has 3 nitrogen and oxygen atoms in total. The molecule has 4 heteroatoms. The minimum absolute atomic E-state index is 0.0689. The molecule has 1 saturated carbocycles. The lowest BCUT2D eigenvalue weighted by Crippen LogP contribution is -2.32. The van der Waals surface area contributed by atoms with Crippen LogP contribution in [0.1, 0.15) is 52.2 Å². The van der Waals surface area contributed by atoms with E-state index in [1.807, 2.05) is 0 Å². The molecule has 1 aromatic rings. The van der Waals surface area contributed by atoms with E-state index in [1.54, 1.807) is 11.3 Å². The van der Waals surface area contributed by atoms with E-state index < -0.39 is 0 Å². The number of hydrogen-bond donors (Lipinski definition) is 2. The molecule has 2 aliphatic rings. The lowest BCUT2D eigenvalue weighted by molar-refractivity contribution is 0.0876. The van der Waals surface area contributed by atoms with E-state index in [1.165, 1.54) is 16.9 Å². The van der Waals surface area contributed by atoms with Crippen LogP contribution < -0.4 is 5.32 Å². The average Bonchev–Trinajstić information content (AvgIpc) is 2.96. The van der Waals surface area contributed by atoms with Crippen LogP contribution in [0.15, 0.2) is 6.07 Å². The number of rotatable bonds is 3. The van der Waals surface area contributed by atoms with Gasteiger partial charge in [0.05, 0.1) is 11.0 Å². The van der Waals surface area contributed by atoms with Crippen LogP contribution in [0.2, 0.25) is 0 Å². The van der Waals surface area contributed by atoms with Crippen molar-refractivity contribution in [2.75, 3.05) is 6.54 Å². The molecule has 2 N–H and O–H groups in total. The number of thiophene rings is 1. The Morgan fingerprint density at radius 1 is 1.37 bits per heavy atom. The Morgan fingerprint density at radius 3 is 3.05 bits per heavy atom. The Morgan fingerprint density at radius 2 is 2.26 bits per heavy atom. The Hall–Kier alpha value is -0.870. The maximum Gasteiger partial charge on any atom is 0.261 e. The fourth-order valence-corrected chi connectivity index (χ4v) is 4.38. The van der Waals surface area contributed by atoms with E-state index in [4.69, 9.17) is 0 Å². The van der Waals surface area contributed by atoms with Gasteiger partial charge >= 0.3 is 0 Å². The summed E-state index contributed by atoms with van der Waals surface area (Å²) in [4.78, 5) is 14.4. The quantitative estimate of drug-likeness (QED) is 0.893. The van der Waals surface area contributed by atoms with Gasteiger partial charge in [-0.2, -0.15) is 0 Å². The molecule has 0 aliphatic heterocycles. The van der Waals surface area contributed by atoms with Crippen molar-refractivity contribution in [3.05, 3.63) is 21.4 Å². The summed E-state index contributed by atoms with van der Waals surface area (Å²) in [6.07, 6.45) is 7.30. The first kappa shape index (κ1) is 13.1. The summed E-state index contributed by atoms with van der Waals surface area (Å²) in [5.74, 6) is 0.513. The summed E-state index contributed by atoms with van der Waals surface area (Å²) in [5, 5.41) is 12.7. The van der Waals surface area contributed by atoms with Gasteiger partial charge in [-0.1, -0.05) is 6.42 Å². The zero-order valence-corrected chi connectivity index (χ0v) is 12.0. The van der Waals surface area contributed by atoms with Crippen LogP contribution in [0.5, 0.6) is 0 Å². The second kappa shape index (κ2) is 5.63. The van der Waals surface area contributed by atoms with Crippen molar-refractivity contribution >= 4 is 17.2 Å². The molecule has 2 unspecified atom stereocenters. The number of aliphatic hydroxyl groups excluding tert-OH is 1. The molecule has 104 valence electrons. The van der Waals surface area contributed by atoms with Gasteiger partial charge in [0.15, 0.2) is 0 Å². The molecule has 0 saturated heterocycles. The summed E-state index contributed by atoms with van der Waals surface area (Å²) >= 11 is 1.66. The first-order chi connectivity index (χ1) is 9.22. The number of carbonyl (C=O) groups excluding carboxylic acids is 1. The highest BCUT2D eigenvalue weighted by Crippen LogP contribution is 2.30. The van der Waals surface area contributed by atoms with Crippen LogP contribution >= 0.6 is 11.3 Å². The first-order valence-corrected chi connectivity index (χ1v) is 8.12. The molecule has 2 atom stereocenters. The van der Waals surface area contributed by atoms with E-state index in [9.17, 15) is 9.90 Å². The number of fused-ring (bicyclic) bond motifs is 1. The second-order valence-corrected chi connectivity index (χ2v) is 6.95. The van der Waals surface area contributed by atoms with Crippen molar-refractivity contribution in [3.63, 3.8) is 0 Å². The topological polar surface area (TPSA) is 49.3 Å². The van der Waals surface area contributed by atoms with Crippen LogP contribution in [0.4, 0.5) is 0 Å². The Balaban J connectivity index is 1.53. The van der Waals surface area contributed by atoms with Gasteiger partial charge in [0.25, 0.3) is 5.91 Å². The third-order valence-corrected chi connectivity index (χ3v) is 5.51. The van der Waals surface area contributed by atoms with E-state index in [2.05, 4.69) is 11.4 Å². The van der Waals surface area contributed by atoms with Crippen molar-refractivity contribution in [2.45, 2.75) is 51.0 Å². The van der Waals surface area contributed by atoms with Gasteiger partial charge in [-0.15, -0.1) is 11.3 Å². The molecule has 1 heterocycles. The maximum absolute atomic E-state index is 12.1. The number of aryl methyl sites for hydroxylation is 2. The molecule has 0 spiro atoms. The monoisotopic (exact) mass is 279 g/mol. The number of carbonyl (C=O) groups is 1. The normalized spacial score (nSPS) is 26.2. The van der Waals surface area contributed by atoms with Gasteiger partial charge in [0.1, 0.15) is 0 Å². The lowest BCUT2D eigenvalue weighted by Gasteiger charge is -2.25. The zero-order chi connectivity index (χ0) is 13.2. The Labute approximate surface area is 118 Å². The van der Waals surface area contributed by atoms with Crippen molar-refractivity contribution in [3.8, 4) is 0 Å². The van der Waals surface area contributed by atoms with Crippen LogP contribution in [0.25, 0.3) is 0 Å². The van der Waals surface area contributed by atoms with Crippen LogP contribution in [-0.4, -0.2) is 23.7 Å². The molecule has 2 aliphatic carbocycles. The molecular formula is C15H21NO2S. The van der Waals surface area contributed by atoms with Crippen LogP contribution in [-0.2, 0) is 12.8 Å². The maximum atomic E-state index is 12.1. The average molecular weight is 279 g/mol. The molecule has 0 bridgehead atoms. The van der Waals surface area contributed by atoms with Crippen LogP contribution in [0, 0.1) is 5.92 Å². The van der Waals surface area contributed by atoms with Crippen LogP contribution in [0.3, 0.4) is 0 Å². The van der Waals surface area contributed by atoms with Gasteiger partial charge < -0.3 is 10.4 Å². The number of nitrogens with one attached hydrogen (secondary N) is 1. The predicted molar refractivity (Wildman–Crippen MR) is 76.6 cm³/mol. The summed E-state index contributed by atoms with van der Waals surface area (Å²) in [6.45, 7) is 0.707. The highest BCUT2D eigenvalue weighted by Gasteiger charge is 2.22. The van der Waals surface area contributed by atoms with Crippen molar-refractivity contribution in [2.24, 2.45) is 5.92 Å². The fraction of sp³-hybridized carbons (Fsp3) is 0.667. The largest absolute Gasteiger partial charge is 0.393 e. The van der Waals surface area contributed by atoms with Crippen molar-refractivity contribution < 1.29 is 9.90 Å². The molecule has 1 amide bonds. The van der Waals surface area contributed by atoms with Gasteiger partial charge in [-0.25, -0.2) is 0 Å². The summed E-state index contributed by atoms with van der Waals surface area (Å²) in [5.41, 5.74) is 1.38. The number of aliphatic hydroxyl groups is 1. The molecular weight excluding hydrogens is 258 g/mol. The lowest BCUT2D eigenvalue weighted by atomic mass is 9.87. The van der Waals surface area contributed by atoms with E-state index in [0.717, 1.165) is 43.4 Å². The highest BCUT2D eigenvalue weighted by molar-refractivity contribution is 7.14. The molecule has 0 aromatic carbocycles. The minimum Gasteiger partial charge on any atom is -0.393 e. The van der Waals surface area contributed by atoms with Gasteiger partial charge in [-0.3, -0.25) is 4.79 Å². The summed E-state index contributed by atoms with van der Waals surface area (Å²) in [6, 6.07) is 2.07. The SMILES string of the molecule is O=C(NCC1CCCC(O)C1)c1cc2c(s1)CCC2. The number of hydrogen-bond acceptors (Lipinski definition) is 3. The molecule has 0 radical (unpaired) electrons. The minimum atomic E-state index is -0.166. The summed E-state index contributed by atoms with van der Waals surface area (Å²) < 4.78 is 0. The fourth-order valence-electron chi connectivity index (χ4n) is 3.21. The highest BCUT2D eigenvalue weighted by atomic mass is 32.1. The van der Waals surface area contributed by atoms with Crippen molar-refractivity contribution in [1.29, 1.82) is 0 Å². The van der Waals surface area contributed by atoms with Gasteiger partial charge in [-0.05, 0) is 56.1 Å². The molecule has 1 aromatic heterocycles. The standard InChI is InChI=1S/C15H21NO2S/c17-12-5-1-3-10(7-12)9-16-15(18)14-8-11-4-2-6-13(11)19-14/h8,10,12,17H,1-7,9H2,(H,16,18). The predicted octanol–water partition coefficient (Wildman–Crippen LogP) is 2.52. The number of amides is 1. The summed E-state index contributed by atoms with van der Waals surface area (Å²) in [7, 11) is 0.